The number of aliphatic carboxylic acids is 2. The zero-order valence-corrected chi connectivity index (χ0v) is 10.7. The van der Waals surface area contributed by atoms with Gasteiger partial charge in [0, 0.05) is 12.8 Å². The normalized spacial score (nSPS) is 12.3. The second kappa shape index (κ2) is 10.1. The minimum atomic E-state index is -0.717. The van der Waals surface area contributed by atoms with E-state index in [0.29, 0.717) is 5.92 Å². The quantitative estimate of drug-likeness (QED) is 0.547. The topological polar surface area (TPSA) is 74.6 Å². The minimum Gasteiger partial charge on any atom is -0.481 e. The summed E-state index contributed by atoms with van der Waals surface area (Å²) in [5, 5.41) is 17.0. The van der Waals surface area contributed by atoms with Crippen LogP contribution in [0, 0.1) is 5.92 Å². The van der Waals surface area contributed by atoms with Crippen LogP contribution in [-0.4, -0.2) is 22.2 Å². The lowest BCUT2D eigenvalue weighted by molar-refractivity contribution is -0.138. The summed E-state index contributed by atoms with van der Waals surface area (Å²) in [4.78, 5) is 20.6. The molecule has 0 aromatic heterocycles. The summed E-state index contributed by atoms with van der Waals surface area (Å²) in [6.45, 7) is 2.09. The van der Waals surface area contributed by atoms with Crippen molar-refractivity contribution in [1.29, 1.82) is 0 Å². The fraction of sp³-hybridized carbons (Fsp3) is 0.846. The third-order valence-corrected chi connectivity index (χ3v) is 2.94. The van der Waals surface area contributed by atoms with Gasteiger partial charge in [0.05, 0.1) is 0 Å². The molecule has 0 saturated heterocycles. The molecule has 0 rings (SSSR count). The van der Waals surface area contributed by atoms with Crippen molar-refractivity contribution < 1.29 is 19.8 Å². The Morgan fingerprint density at radius 2 is 1.35 bits per heavy atom. The summed E-state index contributed by atoms with van der Waals surface area (Å²) in [5.74, 6) is -0.956. The number of carboxylic acid groups (broad SMARTS) is 2. The van der Waals surface area contributed by atoms with E-state index < -0.39 is 11.9 Å². The first-order valence-electron chi connectivity index (χ1n) is 6.46. The van der Waals surface area contributed by atoms with Crippen LogP contribution in [0.2, 0.25) is 0 Å². The predicted octanol–water partition coefficient (Wildman–Crippen LogP) is 3.30. The van der Waals surface area contributed by atoms with Gasteiger partial charge in [-0.2, -0.15) is 0 Å². The summed E-state index contributed by atoms with van der Waals surface area (Å²) >= 11 is 0. The maximum absolute atomic E-state index is 10.4. The van der Waals surface area contributed by atoms with Gasteiger partial charge >= 0.3 is 11.9 Å². The molecule has 4 nitrogen and oxygen atoms in total. The molecule has 4 heteroatoms. The first-order valence-corrected chi connectivity index (χ1v) is 6.46. The highest BCUT2D eigenvalue weighted by Gasteiger charge is 2.05. The van der Waals surface area contributed by atoms with Crippen molar-refractivity contribution in [2.24, 2.45) is 5.92 Å². The van der Waals surface area contributed by atoms with Crippen molar-refractivity contribution >= 4 is 11.9 Å². The van der Waals surface area contributed by atoms with Crippen LogP contribution in [0.25, 0.3) is 0 Å². The molecule has 1 atom stereocenters. The smallest absolute Gasteiger partial charge is 0.303 e. The van der Waals surface area contributed by atoms with Crippen LogP contribution < -0.4 is 0 Å². The van der Waals surface area contributed by atoms with E-state index in [0.717, 1.165) is 44.9 Å². The van der Waals surface area contributed by atoms with E-state index in [1.165, 1.54) is 0 Å². The number of carbonyl (C=O) groups is 2. The van der Waals surface area contributed by atoms with Crippen molar-refractivity contribution in [3.8, 4) is 0 Å². The van der Waals surface area contributed by atoms with Gasteiger partial charge in [0.1, 0.15) is 0 Å². The van der Waals surface area contributed by atoms with Crippen LogP contribution in [-0.2, 0) is 9.59 Å². The maximum Gasteiger partial charge on any atom is 0.303 e. The summed E-state index contributed by atoms with van der Waals surface area (Å²) in [6, 6.07) is 0. The zero-order chi connectivity index (χ0) is 13.1. The molecule has 0 spiro atoms. The van der Waals surface area contributed by atoms with E-state index in [1.54, 1.807) is 0 Å². The molecule has 100 valence electrons. The molecule has 17 heavy (non-hydrogen) atoms. The number of hydrogen-bond acceptors (Lipinski definition) is 2. The molecule has 0 saturated carbocycles. The van der Waals surface area contributed by atoms with Gasteiger partial charge in [-0.3, -0.25) is 9.59 Å². The largest absolute Gasteiger partial charge is 0.481 e. The van der Waals surface area contributed by atoms with E-state index in [-0.39, 0.29) is 12.8 Å². The van der Waals surface area contributed by atoms with Crippen molar-refractivity contribution in [1.82, 2.24) is 0 Å². The molecule has 0 aliphatic rings. The van der Waals surface area contributed by atoms with Gasteiger partial charge in [0.2, 0.25) is 0 Å². The molecule has 0 amide bonds. The molecule has 0 bridgehead atoms. The molecule has 0 aliphatic heterocycles. The highest BCUT2D eigenvalue weighted by Crippen LogP contribution is 2.16. The molecule has 0 heterocycles. The third-order valence-electron chi connectivity index (χ3n) is 2.94. The Balaban J connectivity index is 3.21. The highest BCUT2D eigenvalue weighted by atomic mass is 16.4. The van der Waals surface area contributed by atoms with Gasteiger partial charge in [-0.25, -0.2) is 0 Å². The van der Waals surface area contributed by atoms with Gasteiger partial charge in [0.15, 0.2) is 0 Å². The van der Waals surface area contributed by atoms with E-state index in [9.17, 15) is 9.59 Å². The Morgan fingerprint density at radius 1 is 0.824 bits per heavy atom. The van der Waals surface area contributed by atoms with Crippen LogP contribution in [0.3, 0.4) is 0 Å². The van der Waals surface area contributed by atoms with E-state index in [1.807, 2.05) is 0 Å². The monoisotopic (exact) mass is 244 g/mol. The third kappa shape index (κ3) is 12.9. The van der Waals surface area contributed by atoms with E-state index >= 15 is 0 Å². The van der Waals surface area contributed by atoms with Crippen molar-refractivity contribution in [2.45, 2.75) is 64.7 Å². The van der Waals surface area contributed by atoms with Crippen molar-refractivity contribution in [3.05, 3.63) is 0 Å². The highest BCUT2D eigenvalue weighted by molar-refractivity contribution is 5.66. The van der Waals surface area contributed by atoms with Crippen molar-refractivity contribution in [2.75, 3.05) is 0 Å². The first-order chi connectivity index (χ1) is 8.02. The predicted molar refractivity (Wildman–Crippen MR) is 66.0 cm³/mol. The molecule has 0 aliphatic carbocycles. The lowest BCUT2D eigenvalue weighted by atomic mass is 9.97. The van der Waals surface area contributed by atoms with Gasteiger partial charge < -0.3 is 10.2 Å². The maximum atomic E-state index is 10.4. The van der Waals surface area contributed by atoms with Gasteiger partial charge in [-0.05, 0) is 18.8 Å². The molecule has 0 fully saturated rings. The van der Waals surface area contributed by atoms with Crippen LogP contribution >= 0.6 is 0 Å². The number of unbranched alkanes of at least 4 members (excludes halogenated alkanes) is 4. The van der Waals surface area contributed by atoms with Crippen LogP contribution in [0.15, 0.2) is 0 Å². The Bertz CT molecular complexity index is 225. The average molecular weight is 244 g/mol. The molecule has 1 unspecified atom stereocenters. The summed E-state index contributed by atoms with van der Waals surface area (Å²) < 4.78 is 0. The molecule has 2 N–H and O–H groups in total. The second-order valence-electron chi connectivity index (χ2n) is 4.74. The lowest BCUT2D eigenvalue weighted by Gasteiger charge is -2.09. The SMILES string of the molecule is CC(CCCCCCCC(=O)O)CCC(=O)O. The summed E-state index contributed by atoms with van der Waals surface area (Å²) in [6.07, 6.45) is 7.44. The average Bonchev–Trinajstić information content (AvgIpc) is 2.24. The second-order valence-corrected chi connectivity index (χ2v) is 4.74. The zero-order valence-electron chi connectivity index (χ0n) is 10.7. The molecule has 0 aromatic rings. The first kappa shape index (κ1) is 15.9. The summed E-state index contributed by atoms with van der Waals surface area (Å²) in [5.41, 5.74) is 0. The van der Waals surface area contributed by atoms with Gasteiger partial charge in [-0.1, -0.05) is 39.0 Å². The lowest BCUT2D eigenvalue weighted by Crippen LogP contribution is -2.01. The van der Waals surface area contributed by atoms with Crippen LogP contribution in [0.4, 0.5) is 0 Å². The van der Waals surface area contributed by atoms with Gasteiger partial charge in [0.25, 0.3) is 0 Å². The molecule has 0 radical (unpaired) electrons. The standard InChI is InChI=1S/C13H24O4/c1-11(9-10-13(16)17)7-5-3-2-4-6-8-12(14)15/h11H,2-10H2,1H3,(H,14,15)(H,16,17). The number of hydrogen-bond donors (Lipinski definition) is 2. The Labute approximate surface area is 103 Å². The van der Waals surface area contributed by atoms with Crippen molar-refractivity contribution in [3.63, 3.8) is 0 Å². The van der Waals surface area contributed by atoms with E-state index in [2.05, 4.69) is 6.92 Å². The Morgan fingerprint density at radius 3 is 1.94 bits per heavy atom. The molecule has 0 aromatic carbocycles. The Hall–Kier alpha value is -1.06. The van der Waals surface area contributed by atoms with Crippen LogP contribution in [0.1, 0.15) is 64.7 Å². The molecular weight excluding hydrogens is 220 g/mol. The van der Waals surface area contributed by atoms with Gasteiger partial charge in [-0.15, -0.1) is 0 Å². The summed E-state index contributed by atoms with van der Waals surface area (Å²) in [7, 11) is 0. The molecular formula is C13H24O4. The fourth-order valence-corrected chi connectivity index (χ4v) is 1.81. The number of carboxylic acids is 2. The van der Waals surface area contributed by atoms with E-state index in [4.69, 9.17) is 10.2 Å². The minimum absolute atomic E-state index is 0.264. The number of rotatable bonds is 11. The Kier molecular flexibility index (Phi) is 9.49. The fourth-order valence-electron chi connectivity index (χ4n) is 1.81. The van der Waals surface area contributed by atoms with Crippen LogP contribution in [0.5, 0.6) is 0 Å².